The highest BCUT2D eigenvalue weighted by atomic mass is 16.5. The van der Waals surface area contributed by atoms with Crippen LogP contribution < -0.4 is 5.32 Å². The average Bonchev–Trinajstić information content (AvgIpc) is 2.46. The van der Waals surface area contributed by atoms with Crippen molar-refractivity contribution < 1.29 is 14.3 Å². The minimum atomic E-state index is -0.239. The van der Waals surface area contributed by atoms with Gasteiger partial charge in [0.25, 0.3) is 0 Å². The SMILES string of the molecule is COC(=O)C[C@H]1CC(=O)N[C@H]1C(C)C. The Bertz CT molecular complexity index is 238. The molecular weight excluding hydrogens is 182 g/mol. The zero-order valence-electron chi connectivity index (χ0n) is 8.87. The molecule has 0 aromatic heterocycles. The number of amides is 1. The van der Waals surface area contributed by atoms with Crippen molar-refractivity contribution in [3.63, 3.8) is 0 Å². The lowest BCUT2D eigenvalue weighted by molar-refractivity contribution is -0.141. The number of rotatable bonds is 3. The second kappa shape index (κ2) is 4.44. The Balaban J connectivity index is 2.57. The number of esters is 1. The standard InChI is InChI=1S/C10H17NO3/c1-6(2)10-7(4-8(12)11-10)5-9(13)14-3/h6-7,10H,4-5H2,1-3H3,(H,11,12)/t7-,10+/m1/s1. The molecule has 0 aromatic carbocycles. The molecule has 80 valence electrons. The van der Waals surface area contributed by atoms with E-state index in [9.17, 15) is 9.59 Å². The van der Waals surface area contributed by atoms with Crippen molar-refractivity contribution in [2.24, 2.45) is 11.8 Å². The molecule has 4 nitrogen and oxygen atoms in total. The first-order valence-electron chi connectivity index (χ1n) is 4.90. The lowest BCUT2D eigenvalue weighted by Crippen LogP contribution is -2.34. The maximum absolute atomic E-state index is 11.2. The second-order valence-electron chi connectivity index (χ2n) is 4.08. The van der Waals surface area contributed by atoms with E-state index < -0.39 is 0 Å². The van der Waals surface area contributed by atoms with Crippen molar-refractivity contribution in [1.82, 2.24) is 5.32 Å². The zero-order chi connectivity index (χ0) is 10.7. The van der Waals surface area contributed by atoms with E-state index in [2.05, 4.69) is 10.1 Å². The van der Waals surface area contributed by atoms with Gasteiger partial charge in [-0.05, 0) is 11.8 Å². The van der Waals surface area contributed by atoms with Crippen molar-refractivity contribution in [3.8, 4) is 0 Å². The summed E-state index contributed by atoms with van der Waals surface area (Å²) in [7, 11) is 1.37. The van der Waals surface area contributed by atoms with Crippen LogP contribution in [0.4, 0.5) is 0 Å². The van der Waals surface area contributed by atoms with Gasteiger partial charge in [0.05, 0.1) is 13.5 Å². The van der Waals surface area contributed by atoms with Gasteiger partial charge < -0.3 is 10.1 Å². The Labute approximate surface area is 84.0 Å². The van der Waals surface area contributed by atoms with Crippen LogP contribution in [0.25, 0.3) is 0 Å². The number of nitrogens with one attached hydrogen (secondary N) is 1. The zero-order valence-corrected chi connectivity index (χ0v) is 8.87. The van der Waals surface area contributed by atoms with Crippen LogP contribution in [0.3, 0.4) is 0 Å². The van der Waals surface area contributed by atoms with E-state index in [1.165, 1.54) is 7.11 Å². The number of hydrogen-bond acceptors (Lipinski definition) is 3. The monoisotopic (exact) mass is 199 g/mol. The highest BCUT2D eigenvalue weighted by Crippen LogP contribution is 2.25. The molecule has 2 atom stereocenters. The first-order valence-corrected chi connectivity index (χ1v) is 4.90. The van der Waals surface area contributed by atoms with Crippen LogP contribution in [0.1, 0.15) is 26.7 Å². The van der Waals surface area contributed by atoms with Crippen LogP contribution in [-0.2, 0) is 14.3 Å². The topological polar surface area (TPSA) is 55.4 Å². The molecule has 0 saturated carbocycles. The van der Waals surface area contributed by atoms with Gasteiger partial charge in [0.1, 0.15) is 0 Å². The Morgan fingerprint density at radius 3 is 2.79 bits per heavy atom. The van der Waals surface area contributed by atoms with Gasteiger partial charge >= 0.3 is 5.97 Å². The van der Waals surface area contributed by atoms with Crippen LogP contribution >= 0.6 is 0 Å². The maximum atomic E-state index is 11.2. The molecule has 1 amide bonds. The summed E-state index contributed by atoms with van der Waals surface area (Å²) in [6.07, 6.45) is 0.774. The Kier molecular flexibility index (Phi) is 3.49. The van der Waals surface area contributed by atoms with Crippen LogP contribution in [0.2, 0.25) is 0 Å². The van der Waals surface area contributed by atoms with Gasteiger partial charge in [0, 0.05) is 12.5 Å². The number of methoxy groups -OCH3 is 1. The van der Waals surface area contributed by atoms with Crippen molar-refractivity contribution in [2.45, 2.75) is 32.7 Å². The van der Waals surface area contributed by atoms with E-state index in [4.69, 9.17) is 0 Å². The van der Waals surface area contributed by atoms with Crippen LogP contribution in [0, 0.1) is 11.8 Å². The summed E-state index contributed by atoms with van der Waals surface area (Å²) >= 11 is 0. The minimum Gasteiger partial charge on any atom is -0.469 e. The Morgan fingerprint density at radius 1 is 1.64 bits per heavy atom. The van der Waals surface area contributed by atoms with E-state index in [0.29, 0.717) is 18.8 Å². The number of carbonyl (C=O) groups excluding carboxylic acids is 2. The van der Waals surface area contributed by atoms with Crippen molar-refractivity contribution >= 4 is 11.9 Å². The first-order chi connectivity index (χ1) is 6.54. The average molecular weight is 199 g/mol. The van der Waals surface area contributed by atoms with Gasteiger partial charge in [-0.25, -0.2) is 0 Å². The number of ether oxygens (including phenoxy) is 1. The lowest BCUT2D eigenvalue weighted by Gasteiger charge is -2.21. The predicted molar refractivity (Wildman–Crippen MR) is 51.5 cm³/mol. The summed E-state index contributed by atoms with van der Waals surface area (Å²) in [5.74, 6) is 0.251. The van der Waals surface area contributed by atoms with Gasteiger partial charge in [-0.15, -0.1) is 0 Å². The van der Waals surface area contributed by atoms with Crippen LogP contribution in [0.15, 0.2) is 0 Å². The first kappa shape index (κ1) is 11.0. The molecule has 14 heavy (non-hydrogen) atoms. The summed E-state index contributed by atoms with van der Waals surface area (Å²) < 4.78 is 4.60. The maximum Gasteiger partial charge on any atom is 0.305 e. The molecule has 1 saturated heterocycles. The van der Waals surface area contributed by atoms with E-state index >= 15 is 0 Å². The Hall–Kier alpha value is -1.06. The molecule has 1 N–H and O–H groups in total. The molecular formula is C10H17NO3. The number of carbonyl (C=O) groups is 2. The number of hydrogen-bond donors (Lipinski definition) is 1. The summed E-state index contributed by atoms with van der Waals surface area (Å²) in [4.78, 5) is 22.3. The smallest absolute Gasteiger partial charge is 0.305 e. The molecule has 4 heteroatoms. The summed E-state index contributed by atoms with van der Waals surface area (Å²) in [5, 5.41) is 2.89. The predicted octanol–water partition coefficient (Wildman–Crippen LogP) is 0.710. The van der Waals surface area contributed by atoms with E-state index in [1.807, 2.05) is 13.8 Å². The highest BCUT2D eigenvalue weighted by molar-refractivity contribution is 5.80. The molecule has 1 heterocycles. The summed E-state index contributed by atoms with van der Waals surface area (Å²) in [6.45, 7) is 4.08. The highest BCUT2D eigenvalue weighted by Gasteiger charge is 2.35. The molecule has 0 radical (unpaired) electrons. The van der Waals surface area contributed by atoms with E-state index in [1.54, 1.807) is 0 Å². The van der Waals surface area contributed by atoms with E-state index in [0.717, 1.165) is 0 Å². The molecule has 0 aliphatic carbocycles. The Morgan fingerprint density at radius 2 is 2.29 bits per heavy atom. The summed E-state index contributed by atoms with van der Waals surface area (Å²) in [5.41, 5.74) is 0. The van der Waals surface area contributed by atoms with E-state index in [-0.39, 0.29) is 23.8 Å². The third kappa shape index (κ3) is 2.47. The molecule has 0 bridgehead atoms. The fourth-order valence-corrected chi connectivity index (χ4v) is 1.94. The minimum absolute atomic E-state index is 0.0394. The molecule has 1 rings (SSSR count). The van der Waals surface area contributed by atoms with Crippen LogP contribution in [-0.4, -0.2) is 25.0 Å². The molecule has 0 spiro atoms. The third-order valence-corrected chi connectivity index (χ3v) is 2.66. The largest absolute Gasteiger partial charge is 0.469 e. The van der Waals surface area contributed by atoms with Gasteiger partial charge in [-0.3, -0.25) is 9.59 Å². The second-order valence-corrected chi connectivity index (χ2v) is 4.08. The van der Waals surface area contributed by atoms with Gasteiger partial charge in [-0.1, -0.05) is 13.8 Å². The fourth-order valence-electron chi connectivity index (χ4n) is 1.94. The molecule has 1 aliphatic heterocycles. The normalized spacial score (nSPS) is 26.4. The van der Waals surface area contributed by atoms with Gasteiger partial charge in [-0.2, -0.15) is 0 Å². The molecule has 1 fully saturated rings. The van der Waals surface area contributed by atoms with Gasteiger partial charge in [0.2, 0.25) is 5.91 Å². The lowest BCUT2D eigenvalue weighted by atomic mass is 9.89. The van der Waals surface area contributed by atoms with Crippen LogP contribution in [0.5, 0.6) is 0 Å². The van der Waals surface area contributed by atoms with Crippen molar-refractivity contribution in [3.05, 3.63) is 0 Å². The van der Waals surface area contributed by atoms with Crippen molar-refractivity contribution in [2.75, 3.05) is 7.11 Å². The quantitative estimate of drug-likeness (QED) is 0.681. The fraction of sp³-hybridized carbons (Fsp3) is 0.800. The molecule has 0 unspecified atom stereocenters. The molecule has 1 aliphatic rings. The van der Waals surface area contributed by atoms with Gasteiger partial charge in [0.15, 0.2) is 0 Å². The summed E-state index contributed by atoms with van der Waals surface area (Å²) in [6, 6.07) is 0.113. The van der Waals surface area contributed by atoms with Crippen molar-refractivity contribution in [1.29, 1.82) is 0 Å². The molecule has 0 aromatic rings. The third-order valence-electron chi connectivity index (χ3n) is 2.66.